The highest BCUT2D eigenvalue weighted by molar-refractivity contribution is 5.91. The number of halogens is 3. The Labute approximate surface area is 104 Å². The molecule has 1 aromatic rings. The van der Waals surface area contributed by atoms with E-state index in [9.17, 15) is 28.1 Å². The summed E-state index contributed by atoms with van der Waals surface area (Å²) in [6.45, 7) is 1.34. The lowest BCUT2D eigenvalue weighted by atomic mass is 10.1. The number of hydrogen-bond donors (Lipinski definition) is 1. The Morgan fingerprint density at radius 3 is 2.42 bits per heavy atom. The average Bonchev–Trinajstić information content (AvgIpc) is 2.27. The topological polar surface area (TPSA) is 89.7 Å². The van der Waals surface area contributed by atoms with Gasteiger partial charge in [0.2, 0.25) is 0 Å². The molecule has 0 aromatic heterocycles. The van der Waals surface area contributed by atoms with Crippen LogP contribution in [0.15, 0.2) is 12.1 Å². The first-order valence-corrected chi connectivity index (χ1v) is 4.94. The lowest BCUT2D eigenvalue weighted by molar-refractivity contribution is -0.385. The van der Waals surface area contributed by atoms with E-state index in [1.165, 1.54) is 6.92 Å². The smallest absolute Gasteiger partial charge is 0.417 e. The number of nitro benzene ring substituents is 1. The van der Waals surface area contributed by atoms with Crippen molar-refractivity contribution in [1.82, 2.24) is 0 Å². The molecule has 0 aliphatic heterocycles. The minimum Gasteiger partial charge on any atom is -0.487 e. The number of alkyl halides is 3. The lowest BCUT2D eigenvalue weighted by Gasteiger charge is -2.12. The van der Waals surface area contributed by atoms with E-state index >= 15 is 0 Å². The summed E-state index contributed by atoms with van der Waals surface area (Å²) < 4.78 is 42.8. The summed E-state index contributed by atoms with van der Waals surface area (Å²) in [5, 5.41) is 19.4. The average molecular weight is 279 g/mol. The van der Waals surface area contributed by atoms with Crippen LogP contribution in [0.2, 0.25) is 0 Å². The number of nitrogens with zero attached hydrogens (tertiary/aromatic N) is 1. The minimum absolute atomic E-state index is 0.0927. The van der Waals surface area contributed by atoms with Gasteiger partial charge >= 0.3 is 17.8 Å². The van der Waals surface area contributed by atoms with E-state index in [1.54, 1.807) is 0 Å². The molecule has 0 aliphatic carbocycles. The van der Waals surface area contributed by atoms with E-state index in [-0.39, 0.29) is 6.61 Å². The molecule has 1 aromatic carbocycles. The van der Waals surface area contributed by atoms with Crippen molar-refractivity contribution in [3.8, 4) is 5.75 Å². The third-order valence-electron chi connectivity index (χ3n) is 2.13. The summed E-state index contributed by atoms with van der Waals surface area (Å²) in [4.78, 5) is 20.4. The van der Waals surface area contributed by atoms with Gasteiger partial charge in [0.25, 0.3) is 0 Å². The number of aromatic carboxylic acids is 1. The van der Waals surface area contributed by atoms with Crippen molar-refractivity contribution in [2.75, 3.05) is 6.61 Å². The SMILES string of the molecule is CCOc1cc(C(F)(F)F)c(C(=O)O)cc1[N+](=O)[O-]. The molecule has 0 saturated carbocycles. The summed E-state index contributed by atoms with van der Waals surface area (Å²) in [6.07, 6.45) is -4.95. The number of nitro groups is 1. The van der Waals surface area contributed by atoms with E-state index < -0.39 is 39.6 Å². The zero-order valence-electron chi connectivity index (χ0n) is 9.52. The van der Waals surface area contributed by atoms with Gasteiger partial charge in [-0.2, -0.15) is 13.2 Å². The van der Waals surface area contributed by atoms with Crippen LogP contribution in [-0.2, 0) is 6.18 Å². The van der Waals surface area contributed by atoms with Gasteiger partial charge in [-0.3, -0.25) is 10.1 Å². The van der Waals surface area contributed by atoms with Crippen molar-refractivity contribution in [2.24, 2.45) is 0 Å². The molecule has 1 rings (SSSR count). The van der Waals surface area contributed by atoms with Crippen LogP contribution in [0, 0.1) is 10.1 Å². The highest BCUT2D eigenvalue weighted by atomic mass is 19.4. The monoisotopic (exact) mass is 279 g/mol. The number of carboxylic acid groups (broad SMARTS) is 1. The molecule has 0 bridgehead atoms. The maximum absolute atomic E-state index is 12.7. The molecule has 0 amide bonds. The predicted molar refractivity (Wildman–Crippen MR) is 56.2 cm³/mol. The molecule has 0 heterocycles. The van der Waals surface area contributed by atoms with Crippen molar-refractivity contribution in [3.05, 3.63) is 33.4 Å². The van der Waals surface area contributed by atoms with E-state index in [0.29, 0.717) is 12.1 Å². The minimum atomic E-state index is -4.95. The molecule has 0 fully saturated rings. The van der Waals surface area contributed by atoms with Gasteiger partial charge in [0.05, 0.1) is 22.7 Å². The second-order valence-corrected chi connectivity index (χ2v) is 3.36. The van der Waals surface area contributed by atoms with Gasteiger partial charge in [-0.15, -0.1) is 0 Å². The molecule has 0 unspecified atom stereocenters. The number of hydrogen-bond acceptors (Lipinski definition) is 4. The summed E-state index contributed by atoms with van der Waals surface area (Å²) >= 11 is 0. The Hall–Kier alpha value is -2.32. The zero-order chi connectivity index (χ0) is 14.8. The van der Waals surface area contributed by atoms with E-state index in [4.69, 9.17) is 9.84 Å². The molecule has 1 N–H and O–H groups in total. The van der Waals surface area contributed by atoms with Crippen LogP contribution in [0.4, 0.5) is 18.9 Å². The van der Waals surface area contributed by atoms with Crippen LogP contribution >= 0.6 is 0 Å². The van der Waals surface area contributed by atoms with Crippen LogP contribution in [0.3, 0.4) is 0 Å². The van der Waals surface area contributed by atoms with Gasteiger partial charge < -0.3 is 9.84 Å². The molecular weight excluding hydrogens is 271 g/mol. The number of carbonyl (C=O) groups is 1. The molecule has 0 radical (unpaired) electrons. The molecule has 19 heavy (non-hydrogen) atoms. The molecular formula is C10H8F3NO5. The Balaban J connectivity index is 3.59. The summed E-state index contributed by atoms with van der Waals surface area (Å²) in [7, 11) is 0. The maximum Gasteiger partial charge on any atom is 0.417 e. The normalized spacial score (nSPS) is 11.2. The van der Waals surface area contributed by atoms with E-state index in [0.717, 1.165) is 0 Å². The summed E-state index contributed by atoms with van der Waals surface area (Å²) in [6, 6.07) is 0.668. The van der Waals surface area contributed by atoms with Crippen LogP contribution in [0.1, 0.15) is 22.8 Å². The van der Waals surface area contributed by atoms with Gasteiger partial charge in [0.1, 0.15) is 0 Å². The van der Waals surface area contributed by atoms with Crippen molar-refractivity contribution in [3.63, 3.8) is 0 Å². The van der Waals surface area contributed by atoms with E-state index in [2.05, 4.69) is 0 Å². The fourth-order valence-corrected chi connectivity index (χ4v) is 1.39. The molecule has 0 atom stereocenters. The summed E-state index contributed by atoms with van der Waals surface area (Å²) in [5.41, 5.74) is -3.51. The first-order chi connectivity index (χ1) is 8.68. The highest BCUT2D eigenvalue weighted by Gasteiger charge is 2.38. The molecule has 0 saturated heterocycles. The third-order valence-corrected chi connectivity index (χ3v) is 2.13. The maximum atomic E-state index is 12.7. The van der Waals surface area contributed by atoms with Gasteiger partial charge in [-0.05, 0) is 6.92 Å². The molecule has 9 heteroatoms. The third kappa shape index (κ3) is 3.12. The van der Waals surface area contributed by atoms with Crippen molar-refractivity contribution < 1.29 is 32.7 Å². The first kappa shape index (κ1) is 14.7. The van der Waals surface area contributed by atoms with Crippen molar-refractivity contribution in [1.29, 1.82) is 0 Å². The van der Waals surface area contributed by atoms with Crippen LogP contribution in [-0.4, -0.2) is 22.6 Å². The zero-order valence-corrected chi connectivity index (χ0v) is 9.52. The fraction of sp³-hybridized carbons (Fsp3) is 0.300. The van der Waals surface area contributed by atoms with Gasteiger partial charge in [0.15, 0.2) is 5.75 Å². The Morgan fingerprint density at radius 2 is 2.05 bits per heavy atom. The fourth-order valence-electron chi connectivity index (χ4n) is 1.39. The number of benzene rings is 1. The standard InChI is InChI=1S/C10H8F3NO5/c1-2-19-8-4-6(10(11,12)13)5(9(15)16)3-7(8)14(17)18/h3-4H,2H2,1H3,(H,15,16). The Kier molecular flexibility index (Phi) is 3.98. The molecule has 104 valence electrons. The Morgan fingerprint density at radius 1 is 1.47 bits per heavy atom. The highest BCUT2D eigenvalue weighted by Crippen LogP contribution is 2.39. The van der Waals surface area contributed by atoms with Gasteiger partial charge in [-0.25, -0.2) is 4.79 Å². The molecule has 0 spiro atoms. The van der Waals surface area contributed by atoms with Gasteiger partial charge in [0, 0.05) is 12.1 Å². The van der Waals surface area contributed by atoms with Crippen molar-refractivity contribution >= 4 is 11.7 Å². The second-order valence-electron chi connectivity index (χ2n) is 3.36. The quantitative estimate of drug-likeness (QED) is 0.676. The molecule has 6 nitrogen and oxygen atoms in total. The van der Waals surface area contributed by atoms with Crippen molar-refractivity contribution in [2.45, 2.75) is 13.1 Å². The predicted octanol–water partition coefficient (Wildman–Crippen LogP) is 2.71. The van der Waals surface area contributed by atoms with Gasteiger partial charge in [-0.1, -0.05) is 0 Å². The van der Waals surface area contributed by atoms with Crippen LogP contribution in [0.25, 0.3) is 0 Å². The summed E-state index contributed by atoms with van der Waals surface area (Å²) in [5.74, 6) is -2.52. The largest absolute Gasteiger partial charge is 0.487 e. The number of rotatable bonds is 4. The van der Waals surface area contributed by atoms with Crippen LogP contribution in [0.5, 0.6) is 5.75 Å². The molecule has 0 aliphatic rings. The number of carboxylic acids is 1. The lowest BCUT2D eigenvalue weighted by Crippen LogP contribution is -2.14. The second kappa shape index (κ2) is 5.12. The Bertz CT molecular complexity index is 527. The van der Waals surface area contributed by atoms with Crippen LogP contribution < -0.4 is 4.74 Å². The number of ether oxygens (including phenoxy) is 1. The first-order valence-electron chi connectivity index (χ1n) is 4.94. The van der Waals surface area contributed by atoms with E-state index in [1.807, 2.05) is 0 Å².